The lowest BCUT2D eigenvalue weighted by Gasteiger charge is -2.26. The zero-order valence-electron chi connectivity index (χ0n) is 9.48. The van der Waals surface area contributed by atoms with Crippen molar-refractivity contribution < 1.29 is 9.90 Å². The predicted molar refractivity (Wildman–Crippen MR) is 64.9 cm³/mol. The van der Waals surface area contributed by atoms with E-state index < -0.39 is 5.97 Å². The molecule has 1 saturated heterocycles. The van der Waals surface area contributed by atoms with Gasteiger partial charge >= 0.3 is 5.97 Å². The Morgan fingerprint density at radius 3 is 2.75 bits per heavy atom. The molecule has 1 aromatic rings. The summed E-state index contributed by atoms with van der Waals surface area (Å²) < 4.78 is 0. The second kappa shape index (κ2) is 4.97. The van der Waals surface area contributed by atoms with Gasteiger partial charge in [0.2, 0.25) is 0 Å². The molecule has 0 spiro atoms. The summed E-state index contributed by atoms with van der Waals surface area (Å²) in [5, 5.41) is 11.1. The Labute approximate surface area is 99.7 Å². The summed E-state index contributed by atoms with van der Waals surface area (Å²) in [6, 6.07) is 2.16. The fourth-order valence-electron chi connectivity index (χ4n) is 2.33. The lowest BCUT2D eigenvalue weighted by molar-refractivity contribution is -0.138. The van der Waals surface area contributed by atoms with Gasteiger partial charge in [0, 0.05) is 4.88 Å². The molecule has 1 fully saturated rings. The van der Waals surface area contributed by atoms with Crippen LogP contribution in [0.5, 0.6) is 0 Å². The van der Waals surface area contributed by atoms with Gasteiger partial charge < -0.3 is 5.11 Å². The highest BCUT2D eigenvalue weighted by Crippen LogP contribution is 2.33. The molecule has 1 N–H and O–H groups in total. The molecule has 3 nitrogen and oxygen atoms in total. The minimum atomic E-state index is -0.704. The van der Waals surface area contributed by atoms with Crippen molar-refractivity contribution in [1.82, 2.24) is 4.90 Å². The summed E-state index contributed by atoms with van der Waals surface area (Å²) in [6.07, 6.45) is 2.61. The number of hydrogen-bond donors (Lipinski definition) is 1. The molecular formula is C12H17NO2S. The largest absolute Gasteiger partial charge is 0.481 e. The van der Waals surface area contributed by atoms with Gasteiger partial charge in [-0.3, -0.25) is 9.69 Å². The number of nitrogens with zero attached hydrogens (tertiary/aromatic N) is 1. The number of aryl methyl sites for hydroxylation is 1. The smallest absolute Gasteiger partial charge is 0.305 e. The van der Waals surface area contributed by atoms with E-state index in [2.05, 4.69) is 23.3 Å². The lowest BCUT2D eigenvalue weighted by Crippen LogP contribution is -2.27. The van der Waals surface area contributed by atoms with Crippen molar-refractivity contribution in [2.75, 3.05) is 13.1 Å². The second-order valence-electron chi connectivity index (χ2n) is 4.32. The number of carbonyl (C=O) groups is 1. The van der Waals surface area contributed by atoms with Crippen LogP contribution in [-0.4, -0.2) is 29.1 Å². The average Bonchev–Trinajstić information content (AvgIpc) is 2.84. The number of rotatable bonds is 4. The van der Waals surface area contributed by atoms with Crippen molar-refractivity contribution >= 4 is 17.3 Å². The van der Waals surface area contributed by atoms with Gasteiger partial charge in [-0.15, -0.1) is 11.3 Å². The molecule has 0 aromatic carbocycles. The van der Waals surface area contributed by atoms with Gasteiger partial charge in [0.1, 0.15) is 0 Å². The summed E-state index contributed by atoms with van der Waals surface area (Å²) in [5.41, 5.74) is 1.23. The second-order valence-corrected chi connectivity index (χ2v) is 5.27. The summed E-state index contributed by atoms with van der Waals surface area (Å²) in [5.74, 6) is -0.704. The first kappa shape index (κ1) is 11.6. The number of carboxylic acids is 1. The van der Waals surface area contributed by atoms with Crippen LogP contribution in [0.1, 0.15) is 35.7 Å². The number of hydrogen-bond acceptors (Lipinski definition) is 3. The summed E-state index contributed by atoms with van der Waals surface area (Å²) in [7, 11) is 0. The number of carboxylic acid groups (broad SMARTS) is 1. The molecule has 0 bridgehead atoms. The van der Waals surface area contributed by atoms with Crippen LogP contribution in [0.15, 0.2) is 11.4 Å². The topological polar surface area (TPSA) is 40.5 Å². The van der Waals surface area contributed by atoms with E-state index >= 15 is 0 Å². The first-order valence-electron chi connectivity index (χ1n) is 5.68. The van der Waals surface area contributed by atoms with Gasteiger partial charge in [0.15, 0.2) is 0 Å². The third kappa shape index (κ3) is 2.44. The highest BCUT2D eigenvalue weighted by atomic mass is 32.1. The minimum Gasteiger partial charge on any atom is -0.481 e. The Morgan fingerprint density at radius 2 is 2.25 bits per heavy atom. The van der Waals surface area contributed by atoms with E-state index in [4.69, 9.17) is 5.11 Å². The Morgan fingerprint density at radius 1 is 1.56 bits per heavy atom. The molecule has 0 saturated carbocycles. The minimum absolute atomic E-state index is 0.0833. The zero-order valence-corrected chi connectivity index (χ0v) is 10.3. The molecule has 2 rings (SSSR count). The number of aliphatic carboxylic acids is 1. The standard InChI is InChI=1S/C12H17NO2S/c1-9-4-7-16-12(9)10(8-11(14)15)13-5-2-3-6-13/h4,7,10H,2-3,5-6,8H2,1H3,(H,14,15). The maximum atomic E-state index is 11.0. The van der Waals surface area contributed by atoms with Crippen molar-refractivity contribution in [3.63, 3.8) is 0 Å². The third-order valence-electron chi connectivity index (χ3n) is 3.15. The molecule has 1 aliphatic heterocycles. The molecule has 1 atom stereocenters. The SMILES string of the molecule is Cc1ccsc1C(CC(=O)O)N1CCCC1. The zero-order chi connectivity index (χ0) is 11.5. The van der Waals surface area contributed by atoms with Crippen molar-refractivity contribution in [1.29, 1.82) is 0 Å². The Hall–Kier alpha value is -0.870. The Balaban J connectivity index is 2.20. The fraction of sp³-hybridized carbons (Fsp3) is 0.583. The molecule has 0 amide bonds. The number of likely N-dealkylation sites (tertiary alicyclic amines) is 1. The maximum Gasteiger partial charge on any atom is 0.305 e. The molecule has 4 heteroatoms. The molecule has 0 aliphatic carbocycles. The van der Waals surface area contributed by atoms with Crippen molar-refractivity contribution in [3.05, 3.63) is 21.9 Å². The average molecular weight is 239 g/mol. The van der Waals surface area contributed by atoms with E-state index in [1.165, 1.54) is 23.3 Å². The lowest BCUT2D eigenvalue weighted by atomic mass is 10.1. The fourth-order valence-corrected chi connectivity index (χ4v) is 3.39. The van der Waals surface area contributed by atoms with E-state index in [9.17, 15) is 4.79 Å². The molecular weight excluding hydrogens is 222 g/mol. The number of thiophene rings is 1. The normalized spacial score (nSPS) is 18.8. The monoisotopic (exact) mass is 239 g/mol. The van der Waals surface area contributed by atoms with Crippen LogP contribution in [0.2, 0.25) is 0 Å². The predicted octanol–water partition coefficient (Wildman–Crippen LogP) is 2.67. The third-order valence-corrected chi connectivity index (χ3v) is 4.27. The van der Waals surface area contributed by atoms with Crippen molar-refractivity contribution in [2.45, 2.75) is 32.2 Å². The Bertz CT molecular complexity index is 369. The van der Waals surface area contributed by atoms with E-state index in [1.807, 2.05) is 0 Å². The van der Waals surface area contributed by atoms with Crippen LogP contribution in [0.4, 0.5) is 0 Å². The Kier molecular flexibility index (Phi) is 3.61. The molecule has 1 aliphatic rings. The summed E-state index contributed by atoms with van der Waals surface area (Å²) in [6.45, 7) is 4.14. The summed E-state index contributed by atoms with van der Waals surface area (Å²) in [4.78, 5) is 14.5. The molecule has 2 heterocycles. The van der Waals surface area contributed by atoms with Crippen LogP contribution in [0.3, 0.4) is 0 Å². The first-order chi connectivity index (χ1) is 7.68. The van der Waals surface area contributed by atoms with Crippen LogP contribution in [0.25, 0.3) is 0 Å². The van der Waals surface area contributed by atoms with E-state index in [0.29, 0.717) is 0 Å². The first-order valence-corrected chi connectivity index (χ1v) is 6.56. The van der Waals surface area contributed by atoms with Crippen LogP contribution < -0.4 is 0 Å². The van der Waals surface area contributed by atoms with Crippen molar-refractivity contribution in [2.24, 2.45) is 0 Å². The quantitative estimate of drug-likeness (QED) is 0.878. The van der Waals surface area contributed by atoms with Crippen LogP contribution in [-0.2, 0) is 4.79 Å². The molecule has 16 heavy (non-hydrogen) atoms. The molecule has 1 unspecified atom stereocenters. The van der Waals surface area contributed by atoms with E-state index in [1.54, 1.807) is 11.3 Å². The van der Waals surface area contributed by atoms with Gasteiger partial charge in [0.25, 0.3) is 0 Å². The highest BCUT2D eigenvalue weighted by Gasteiger charge is 2.27. The maximum absolute atomic E-state index is 11.0. The van der Waals surface area contributed by atoms with Crippen LogP contribution >= 0.6 is 11.3 Å². The van der Waals surface area contributed by atoms with Gasteiger partial charge in [0.05, 0.1) is 12.5 Å². The molecule has 88 valence electrons. The van der Waals surface area contributed by atoms with Gasteiger partial charge in [-0.2, -0.15) is 0 Å². The highest BCUT2D eigenvalue weighted by molar-refractivity contribution is 7.10. The van der Waals surface area contributed by atoms with E-state index in [0.717, 1.165) is 13.1 Å². The van der Waals surface area contributed by atoms with Crippen LogP contribution in [0, 0.1) is 6.92 Å². The molecule has 1 aromatic heterocycles. The van der Waals surface area contributed by atoms with E-state index in [-0.39, 0.29) is 12.5 Å². The van der Waals surface area contributed by atoms with Gasteiger partial charge in [-0.05, 0) is 49.9 Å². The van der Waals surface area contributed by atoms with Crippen molar-refractivity contribution in [3.8, 4) is 0 Å². The van der Waals surface area contributed by atoms with Gasteiger partial charge in [-0.25, -0.2) is 0 Å². The van der Waals surface area contributed by atoms with Gasteiger partial charge in [-0.1, -0.05) is 0 Å². The molecule has 0 radical (unpaired) electrons. The summed E-state index contributed by atoms with van der Waals surface area (Å²) >= 11 is 1.68.